The number of aryl methyl sites for hydroxylation is 2. The molecule has 184 valence electrons. The summed E-state index contributed by atoms with van der Waals surface area (Å²) in [4.78, 5) is 25.2. The Bertz CT molecular complexity index is 1410. The number of fused-ring (bicyclic) bond motifs is 1. The average Bonchev–Trinajstić information content (AvgIpc) is 3.29. The Balaban J connectivity index is 1.61. The van der Waals surface area contributed by atoms with Gasteiger partial charge in [-0.1, -0.05) is 37.8 Å². The van der Waals surface area contributed by atoms with Gasteiger partial charge in [-0.25, -0.2) is 4.98 Å². The summed E-state index contributed by atoms with van der Waals surface area (Å²) < 4.78 is 0. The third-order valence-corrected chi connectivity index (χ3v) is 7.11. The second-order valence-electron chi connectivity index (χ2n) is 9.53. The Kier molecular flexibility index (Phi) is 6.61. The highest BCUT2D eigenvalue weighted by Crippen LogP contribution is 2.40. The van der Waals surface area contributed by atoms with E-state index in [1.54, 1.807) is 0 Å². The van der Waals surface area contributed by atoms with Crippen molar-refractivity contribution in [3.8, 4) is 22.4 Å². The van der Waals surface area contributed by atoms with Crippen LogP contribution < -0.4 is 10.2 Å². The van der Waals surface area contributed by atoms with Crippen molar-refractivity contribution in [1.29, 1.82) is 0 Å². The van der Waals surface area contributed by atoms with Crippen LogP contribution in [0.4, 0.5) is 11.4 Å². The van der Waals surface area contributed by atoms with E-state index in [-0.39, 0.29) is 5.91 Å². The van der Waals surface area contributed by atoms with E-state index in [9.17, 15) is 4.79 Å². The maximum atomic E-state index is 12.0. The highest BCUT2D eigenvalue weighted by molar-refractivity contribution is 6.04. The van der Waals surface area contributed by atoms with Gasteiger partial charge in [-0.2, -0.15) is 0 Å². The van der Waals surface area contributed by atoms with E-state index in [0.29, 0.717) is 0 Å². The van der Waals surface area contributed by atoms with Crippen molar-refractivity contribution < 1.29 is 4.79 Å². The fraction of sp³-hybridized carbons (Fsp3) is 0.267. The lowest BCUT2D eigenvalue weighted by atomic mass is 9.96. The van der Waals surface area contributed by atoms with Gasteiger partial charge in [-0.3, -0.25) is 4.79 Å². The summed E-state index contributed by atoms with van der Waals surface area (Å²) in [6, 6.07) is 17.2. The molecule has 0 radical (unpaired) electrons. The van der Waals surface area contributed by atoms with E-state index in [1.165, 1.54) is 17.3 Å². The number of carbonyl (C=O) groups is 1. The van der Waals surface area contributed by atoms with Gasteiger partial charge in [0.1, 0.15) is 5.65 Å². The van der Waals surface area contributed by atoms with E-state index in [0.717, 1.165) is 77.3 Å². The van der Waals surface area contributed by atoms with Crippen LogP contribution in [0.5, 0.6) is 0 Å². The van der Waals surface area contributed by atoms with Gasteiger partial charge in [0.05, 0.1) is 5.69 Å². The molecule has 0 saturated carbocycles. The fourth-order valence-corrected chi connectivity index (χ4v) is 4.82. The molecule has 0 aliphatic carbocycles. The monoisotopic (exact) mass is 479 g/mol. The number of rotatable bonds is 6. The number of likely N-dealkylation sites (N-methyl/N-ethyl adjacent to an activating group) is 1. The van der Waals surface area contributed by atoms with E-state index >= 15 is 0 Å². The zero-order valence-electron chi connectivity index (χ0n) is 21.3. The third-order valence-electron chi connectivity index (χ3n) is 7.11. The van der Waals surface area contributed by atoms with Crippen LogP contribution in [-0.2, 0) is 11.2 Å². The van der Waals surface area contributed by atoms with Gasteiger partial charge in [-0.05, 0) is 73.0 Å². The minimum atomic E-state index is -0.219. The van der Waals surface area contributed by atoms with Crippen LogP contribution in [0.1, 0.15) is 18.1 Å². The smallest absolute Gasteiger partial charge is 0.247 e. The van der Waals surface area contributed by atoms with Gasteiger partial charge in [0, 0.05) is 54.7 Å². The van der Waals surface area contributed by atoms with E-state index < -0.39 is 0 Å². The zero-order valence-corrected chi connectivity index (χ0v) is 21.3. The molecule has 0 spiro atoms. The number of aromatic amines is 1. The van der Waals surface area contributed by atoms with Crippen molar-refractivity contribution in [2.75, 3.05) is 43.4 Å². The van der Waals surface area contributed by atoms with Crippen molar-refractivity contribution in [2.24, 2.45) is 0 Å². The molecular formula is C30H33N5O. The number of nitrogens with zero attached hydrogens (tertiary/aromatic N) is 3. The molecule has 1 amide bonds. The number of benzene rings is 2. The summed E-state index contributed by atoms with van der Waals surface area (Å²) >= 11 is 0. The molecule has 36 heavy (non-hydrogen) atoms. The Morgan fingerprint density at radius 1 is 1.08 bits per heavy atom. The van der Waals surface area contributed by atoms with E-state index in [1.807, 2.05) is 25.3 Å². The number of carbonyl (C=O) groups excluding carboxylic acids is 1. The molecular weight excluding hydrogens is 446 g/mol. The lowest BCUT2D eigenvalue weighted by Gasteiger charge is -2.34. The normalized spacial score (nSPS) is 14.2. The highest BCUT2D eigenvalue weighted by atomic mass is 16.1. The molecule has 2 aromatic carbocycles. The number of nitrogens with one attached hydrogen (secondary N) is 2. The molecule has 1 aliphatic rings. The van der Waals surface area contributed by atoms with Gasteiger partial charge in [0.15, 0.2) is 0 Å². The minimum Gasteiger partial charge on any atom is -0.369 e. The standard InChI is InChI=1S/C30H33N5O/c1-5-21-17-25-28(23-8-7-20(3)26(18-23)32-27(36)6-2)29(33-30(25)31-19-21)22-9-11-24(12-10-22)35-15-13-34(4)14-16-35/h6-12,17-19H,2,5,13-16H2,1,3-4H3,(H,31,33)(H,32,36). The third kappa shape index (κ3) is 4.64. The Morgan fingerprint density at radius 3 is 2.50 bits per heavy atom. The summed E-state index contributed by atoms with van der Waals surface area (Å²) in [6.45, 7) is 12.0. The predicted molar refractivity (Wildman–Crippen MR) is 150 cm³/mol. The van der Waals surface area contributed by atoms with Crippen LogP contribution in [0.3, 0.4) is 0 Å². The van der Waals surface area contributed by atoms with Gasteiger partial charge >= 0.3 is 0 Å². The van der Waals surface area contributed by atoms with Crippen molar-refractivity contribution in [3.63, 3.8) is 0 Å². The first-order valence-corrected chi connectivity index (χ1v) is 12.6. The highest BCUT2D eigenvalue weighted by Gasteiger charge is 2.19. The van der Waals surface area contributed by atoms with Crippen LogP contribution in [0, 0.1) is 6.92 Å². The number of piperazine rings is 1. The maximum Gasteiger partial charge on any atom is 0.247 e. The molecule has 0 atom stereocenters. The number of hydrogen-bond acceptors (Lipinski definition) is 4. The molecule has 2 N–H and O–H groups in total. The predicted octanol–water partition coefficient (Wildman–Crippen LogP) is 5.64. The second-order valence-corrected chi connectivity index (χ2v) is 9.53. The summed E-state index contributed by atoms with van der Waals surface area (Å²) in [5, 5.41) is 4.03. The Labute approximate surface area is 212 Å². The van der Waals surface area contributed by atoms with Crippen LogP contribution in [-0.4, -0.2) is 54.0 Å². The van der Waals surface area contributed by atoms with Gasteiger partial charge in [0.2, 0.25) is 5.91 Å². The first-order valence-electron chi connectivity index (χ1n) is 12.6. The molecule has 1 aliphatic heterocycles. The first-order chi connectivity index (χ1) is 17.5. The zero-order chi connectivity index (χ0) is 25.2. The van der Waals surface area contributed by atoms with Crippen molar-refractivity contribution in [1.82, 2.24) is 14.9 Å². The van der Waals surface area contributed by atoms with Crippen molar-refractivity contribution in [3.05, 3.63) is 78.5 Å². The average molecular weight is 480 g/mol. The van der Waals surface area contributed by atoms with Crippen LogP contribution in [0.2, 0.25) is 0 Å². The number of aromatic nitrogens is 2. The molecule has 6 nitrogen and oxygen atoms in total. The van der Waals surface area contributed by atoms with Crippen LogP contribution >= 0.6 is 0 Å². The number of anilines is 2. The van der Waals surface area contributed by atoms with Gasteiger partial charge in [0.25, 0.3) is 0 Å². The number of hydrogen-bond donors (Lipinski definition) is 2. The molecule has 2 aromatic heterocycles. The van der Waals surface area contributed by atoms with Gasteiger partial charge < -0.3 is 20.1 Å². The quantitative estimate of drug-likeness (QED) is 0.351. The molecule has 0 unspecified atom stereocenters. The topological polar surface area (TPSA) is 64.3 Å². The summed E-state index contributed by atoms with van der Waals surface area (Å²) in [7, 11) is 2.18. The molecule has 1 fully saturated rings. The second kappa shape index (κ2) is 9.99. The largest absolute Gasteiger partial charge is 0.369 e. The van der Waals surface area contributed by atoms with E-state index in [4.69, 9.17) is 4.98 Å². The van der Waals surface area contributed by atoms with E-state index in [2.05, 4.69) is 77.0 Å². The minimum absolute atomic E-state index is 0.219. The fourth-order valence-electron chi connectivity index (χ4n) is 4.82. The Hall–Kier alpha value is -3.90. The molecule has 0 bridgehead atoms. The molecule has 4 aromatic rings. The maximum absolute atomic E-state index is 12.0. The van der Waals surface area contributed by atoms with Gasteiger partial charge in [-0.15, -0.1) is 0 Å². The summed E-state index contributed by atoms with van der Waals surface area (Å²) in [6.07, 6.45) is 4.15. The molecule has 5 rings (SSSR count). The molecule has 6 heteroatoms. The van der Waals surface area contributed by atoms with Crippen LogP contribution in [0.25, 0.3) is 33.4 Å². The molecule has 1 saturated heterocycles. The number of H-pyrrole nitrogens is 1. The SMILES string of the molecule is C=CC(=O)Nc1cc(-c2c(-c3ccc(N4CCN(C)CC4)cc3)[nH]c3ncc(CC)cc23)ccc1C. The first kappa shape index (κ1) is 23.8. The number of amides is 1. The van der Waals surface area contributed by atoms with Crippen LogP contribution in [0.15, 0.2) is 67.4 Å². The lowest BCUT2D eigenvalue weighted by Crippen LogP contribution is -2.44. The lowest BCUT2D eigenvalue weighted by molar-refractivity contribution is -0.111. The summed E-state index contributed by atoms with van der Waals surface area (Å²) in [5.74, 6) is -0.219. The summed E-state index contributed by atoms with van der Waals surface area (Å²) in [5.41, 5.74) is 9.33. The number of pyridine rings is 1. The Morgan fingerprint density at radius 2 is 1.81 bits per heavy atom. The van der Waals surface area contributed by atoms with Crippen molar-refractivity contribution in [2.45, 2.75) is 20.3 Å². The van der Waals surface area contributed by atoms with Crippen molar-refractivity contribution >= 4 is 28.3 Å². The molecule has 3 heterocycles.